The zero-order chi connectivity index (χ0) is 15.9. The van der Waals surface area contributed by atoms with E-state index in [1.807, 2.05) is 0 Å². The summed E-state index contributed by atoms with van der Waals surface area (Å²) in [6.07, 6.45) is 0.0728. The highest BCUT2D eigenvalue weighted by Gasteiger charge is 2.07. The number of hydrogen-bond donors (Lipinski definition) is 1. The van der Waals surface area contributed by atoms with Crippen LogP contribution in [0.4, 0.5) is 13.2 Å². The first-order chi connectivity index (χ1) is 10.5. The van der Waals surface area contributed by atoms with E-state index in [4.69, 9.17) is 0 Å². The Morgan fingerprint density at radius 1 is 1.09 bits per heavy atom. The molecule has 116 valence electrons. The Labute approximate surface area is 125 Å². The minimum absolute atomic E-state index is 0.0329. The quantitative estimate of drug-likeness (QED) is 0.889. The summed E-state index contributed by atoms with van der Waals surface area (Å²) in [6.45, 7) is -2.78. The first-order valence-electron chi connectivity index (χ1n) is 6.58. The molecule has 0 atom stereocenters. The number of carbonyl (C=O) groups excluding carboxylic acids is 1. The minimum atomic E-state index is -2.88. The molecule has 0 fully saturated rings. The van der Waals surface area contributed by atoms with Crippen LogP contribution in [0.25, 0.3) is 0 Å². The highest BCUT2D eigenvalue weighted by atomic mass is 19.3. The van der Waals surface area contributed by atoms with E-state index in [1.165, 1.54) is 30.3 Å². The smallest absolute Gasteiger partial charge is 0.387 e. The molecule has 0 heterocycles. The van der Waals surface area contributed by atoms with Crippen molar-refractivity contribution in [2.24, 2.45) is 0 Å². The van der Waals surface area contributed by atoms with Gasteiger partial charge in [0, 0.05) is 12.1 Å². The van der Waals surface area contributed by atoms with Gasteiger partial charge in [0.25, 0.3) is 0 Å². The number of benzene rings is 2. The van der Waals surface area contributed by atoms with Crippen molar-refractivity contribution in [1.82, 2.24) is 5.32 Å². The van der Waals surface area contributed by atoms with E-state index in [-0.39, 0.29) is 30.4 Å². The SMILES string of the molecule is O=C(Cc1ccc(OC(F)F)cc1)NCc1ccccc1F. The van der Waals surface area contributed by atoms with Crippen LogP contribution in [0, 0.1) is 5.82 Å². The van der Waals surface area contributed by atoms with Crippen molar-refractivity contribution in [1.29, 1.82) is 0 Å². The van der Waals surface area contributed by atoms with Crippen molar-refractivity contribution in [3.05, 3.63) is 65.5 Å². The highest BCUT2D eigenvalue weighted by Crippen LogP contribution is 2.15. The summed E-state index contributed by atoms with van der Waals surface area (Å²) in [6, 6.07) is 12.0. The first-order valence-corrected chi connectivity index (χ1v) is 6.58. The number of carbonyl (C=O) groups is 1. The summed E-state index contributed by atoms with van der Waals surface area (Å²) >= 11 is 0. The van der Waals surface area contributed by atoms with Gasteiger partial charge in [0.15, 0.2) is 0 Å². The Hall–Kier alpha value is -2.50. The lowest BCUT2D eigenvalue weighted by Crippen LogP contribution is -2.25. The second kappa shape index (κ2) is 7.49. The summed E-state index contributed by atoms with van der Waals surface area (Å²) in [7, 11) is 0. The molecular formula is C16H14F3NO2. The fourth-order valence-corrected chi connectivity index (χ4v) is 1.87. The molecule has 1 N–H and O–H groups in total. The minimum Gasteiger partial charge on any atom is -0.435 e. The van der Waals surface area contributed by atoms with Gasteiger partial charge < -0.3 is 10.1 Å². The van der Waals surface area contributed by atoms with Gasteiger partial charge in [-0.05, 0) is 23.8 Å². The van der Waals surface area contributed by atoms with Crippen molar-refractivity contribution >= 4 is 5.91 Å². The Kier molecular flexibility index (Phi) is 5.41. The van der Waals surface area contributed by atoms with Crippen LogP contribution >= 0.6 is 0 Å². The normalized spacial score (nSPS) is 10.5. The van der Waals surface area contributed by atoms with Gasteiger partial charge in [-0.25, -0.2) is 4.39 Å². The van der Waals surface area contributed by atoms with Gasteiger partial charge >= 0.3 is 6.61 Å². The second-order valence-electron chi connectivity index (χ2n) is 4.57. The van der Waals surface area contributed by atoms with E-state index in [0.717, 1.165) is 0 Å². The zero-order valence-electron chi connectivity index (χ0n) is 11.6. The Morgan fingerprint density at radius 2 is 1.77 bits per heavy atom. The molecule has 1 amide bonds. The van der Waals surface area contributed by atoms with E-state index in [9.17, 15) is 18.0 Å². The molecule has 2 rings (SSSR count). The molecule has 6 heteroatoms. The molecule has 0 aromatic heterocycles. The van der Waals surface area contributed by atoms with Gasteiger partial charge in [-0.1, -0.05) is 30.3 Å². The largest absolute Gasteiger partial charge is 0.435 e. The van der Waals surface area contributed by atoms with E-state index in [1.54, 1.807) is 18.2 Å². The maximum atomic E-state index is 13.4. The van der Waals surface area contributed by atoms with Crippen LogP contribution in [0.3, 0.4) is 0 Å². The standard InChI is InChI=1S/C16H14F3NO2/c17-14-4-2-1-3-12(14)10-20-15(21)9-11-5-7-13(8-6-11)22-16(18)19/h1-8,16H,9-10H2,(H,20,21). The third-order valence-electron chi connectivity index (χ3n) is 2.95. The van der Waals surface area contributed by atoms with Crippen LogP contribution in [0.5, 0.6) is 5.75 Å². The molecule has 0 aliphatic carbocycles. The molecule has 0 radical (unpaired) electrons. The zero-order valence-corrected chi connectivity index (χ0v) is 11.6. The third-order valence-corrected chi connectivity index (χ3v) is 2.95. The highest BCUT2D eigenvalue weighted by molar-refractivity contribution is 5.78. The molecule has 0 saturated heterocycles. The molecule has 22 heavy (non-hydrogen) atoms. The topological polar surface area (TPSA) is 38.3 Å². The second-order valence-corrected chi connectivity index (χ2v) is 4.57. The first kappa shape index (κ1) is 15.9. The monoisotopic (exact) mass is 309 g/mol. The Morgan fingerprint density at radius 3 is 2.41 bits per heavy atom. The van der Waals surface area contributed by atoms with E-state index in [0.29, 0.717) is 11.1 Å². The van der Waals surface area contributed by atoms with Crippen molar-refractivity contribution in [3.8, 4) is 5.75 Å². The fraction of sp³-hybridized carbons (Fsp3) is 0.188. The number of hydrogen-bond acceptors (Lipinski definition) is 2. The average molecular weight is 309 g/mol. The Bertz CT molecular complexity index is 630. The molecule has 0 saturated carbocycles. The van der Waals surface area contributed by atoms with E-state index >= 15 is 0 Å². The predicted molar refractivity (Wildman–Crippen MR) is 75.0 cm³/mol. The van der Waals surface area contributed by atoms with Crippen LogP contribution in [0.1, 0.15) is 11.1 Å². The Balaban J connectivity index is 1.85. The molecule has 0 bridgehead atoms. The van der Waals surface area contributed by atoms with Gasteiger partial charge in [0.05, 0.1) is 6.42 Å². The van der Waals surface area contributed by atoms with Crippen LogP contribution in [-0.4, -0.2) is 12.5 Å². The maximum Gasteiger partial charge on any atom is 0.387 e. The summed E-state index contributed by atoms with van der Waals surface area (Å²) in [5.74, 6) is -0.632. The van der Waals surface area contributed by atoms with Gasteiger partial charge in [-0.2, -0.15) is 8.78 Å². The van der Waals surface area contributed by atoms with Crippen LogP contribution in [-0.2, 0) is 17.8 Å². The lowest BCUT2D eigenvalue weighted by Gasteiger charge is -2.07. The number of nitrogens with one attached hydrogen (secondary N) is 1. The molecule has 2 aromatic carbocycles. The summed E-state index contributed by atoms with van der Waals surface area (Å²) < 4.78 is 41.6. The number of halogens is 3. The van der Waals surface area contributed by atoms with Crippen LogP contribution < -0.4 is 10.1 Å². The number of ether oxygens (including phenoxy) is 1. The van der Waals surface area contributed by atoms with Crippen LogP contribution in [0.15, 0.2) is 48.5 Å². The molecule has 2 aromatic rings. The molecule has 0 spiro atoms. The van der Waals surface area contributed by atoms with E-state index < -0.39 is 6.61 Å². The molecule has 0 unspecified atom stereocenters. The van der Waals surface area contributed by atoms with Crippen molar-refractivity contribution in [2.75, 3.05) is 0 Å². The molecular weight excluding hydrogens is 295 g/mol. The lowest BCUT2D eigenvalue weighted by molar-refractivity contribution is -0.120. The number of rotatable bonds is 6. The van der Waals surface area contributed by atoms with Gasteiger partial charge in [0.2, 0.25) is 5.91 Å². The van der Waals surface area contributed by atoms with Gasteiger partial charge in [-0.15, -0.1) is 0 Å². The average Bonchev–Trinajstić information content (AvgIpc) is 2.48. The van der Waals surface area contributed by atoms with Gasteiger partial charge in [0.1, 0.15) is 11.6 Å². The summed E-state index contributed by atoms with van der Waals surface area (Å²) in [5, 5.41) is 2.60. The van der Waals surface area contributed by atoms with E-state index in [2.05, 4.69) is 10.1 Å². The van der Waals surface area contributed by atoms with Gasteiger partial charge in [-0.3, -0.25) is 4.79 Å². The molecule has 3 nitrogen and oxygen atoms in total. The molecule has 0 aliphatic rings. The maximum absolute atomic E-state index is 13.4. The van der Waals surface area contributed by atoms with Crippen molar-refractivity contribution in [2.45, 2.75) is 19.6 Å². The summed E-state index contributed by atoms with van der Waals surface area (Å²) in [4.78, 5) is 11.8. The third kappa shape index (κ3) is 4.80. The van der Waals surface area contributed by atoms with Crippen molar-refractivity contribution in [3.63, 3.8) is 0 Å². The van der Waals surface area contributed by atoms with Crippen molar-refractivity contribution < 1.29 is 22.7 Å². The molecule has 0 aliphatic heterocycles. The predicted octanol–water partition coefficient (Wildman–Crippen LogP) is 3.29. The van der Waals surface area contributed by atoms with Crippen LogP contribution in [0.2, 0.25) is 0 Å². The summed E-state index contributed by atoms with van der Waals surface area (Å²) in [5.41, 5.74) is 1.05. The number of alkyl halides is 2. The number of amides is 1. The lowest BCUT2D eigenvalue weighted by atomic mass is 10.1. The fourth-order valence-electron chi connectivity index (χ4n) is 1.87.